The molecule has 0 bridgehead atoms. The molecule has 23 heavy (non-hydrogen) atoms. The van der Waals surface area contributed by atoms with Crippen LogP contribution in [0.2, 0.25) is 0 Å². The molecule has 3 rings (SSSR count). The third kappa shape index (κ3) is 4.99. The smallest absolute Gasteiger partial charge is 0.0207 e. The summed E-state index contributed by atoms with van der Waals surface area (Å²) < 4.78 is 1.25. The zero-order valence-corrected chi connectivity index (χ0v) is 15.8. The van der Waals surface area contributed by atoms with E-state index in [1.807, 2.05) is 11.8 Å². The molecular formula is C21H23BrS. The maximum absolute atomic E-state index is 3.68. The number of halogens is 1. The fraction of sp³-hybridized carbons (Fsp3) is 0.333. The fourth-order valence-corrected chi connectivity index (χ4v) is 4.66. The molecule has 1 unspecified atom stereocenters. The summed E-state index contributed by atoms with van der Waals surface area (Å²) in [6.07, 6.45) is 7.80. The quantitative estimate of drug-likeness (QED) is 0.487. The molecule has 2 aromatic rings. The second kappa shape index (κ2) is 8.75. The summed E-state index contributed by atoms with van der Waals surface area (Å²) in [5.74, 6) is 0.757. The summed E-state index contributed by atoms with van der Waals surface area (Å²) in [4.78, 5) is 1.34. The van der Waals surface area contributed by atoms with E-state index < -0.39 is 0 Å². The van der Waals surface area contributed by atoms with E-state index in [1.165, 1.54) is 53.5 Å². The molecule has 0 radical (unpaired) electrons. The van der Waals surface area contributed by atoms with Gasteiger partial charge in [0.2, 0.25) is 0 Å². The van der Waals surface area contributed by atoms with Crippen molar-refractivity contribution in [3.05, 3.63) is 75.6 Å². The molecule has 2 aromatic carbocycles. The lowest BCUT2D eigenvalue weighted by Crippen LogP contribution is -2.11. The molecule has 0 aromatic heterocycles. The highest BCUT2D eigenvalue weighted by Crippen LogP contribution is 2.36. The Balaban J connectivity index is 1.63. The van der Waals surface area contributed by atoms with Crippen molar-refractivity contribution in [2.24, 2.45) is 5.92 Å². The highest BCUT2D eigenvalue weighted by molar-refractivity contribution is 9.10. The molecule has 2 heteroatoms. The van der Waals surface area contributed by atoms with Gasteiger partial charge in [0.1, 0.15) is 0 Å². The lowest BCUT2D eigenvalue weighted by Gasteiger charge is -2.25. The minimum atomic E-state index is 0.757. The van der Waals surface area contributed by atoms with Gasteiger partial charge in [-0.2, -0.15) is 0 Å². The molecule has 1 aliphatic rings. The first kappa shape index (κ1) is 16.9. The summed E-state index contributed by atoms with van der Waals surface area (Å²) in [6.45, 7) is 0. The van der Waals surface area contributed by atoms with Crippen LogP contribution in [-0.4, -0.2) is 0 Å². The lowest BCUT2D eigenvalue weighted by molar-refractivity contribution is 0.429. The van der Waals surface area contributed by atoms with Crippen molar-refractivity contribution in [2.75, 3.05) is 0 Å². The second-order valence-corrected chi connectivity index (χ2v) is 7.99. The van der Waals surface area contributed by atoms with Crippen LogP contribution in [0.1, 0.15) is 37.7 Å². The summed E-state index contributed by atoms with van der Waals surface area (Å²) >= 11 is 5.56. The summed E-state index contributed by atoms with van der Waals surface area (Å²) in [5.41, 5.74) is 3.10. The molecule has 1 fully saturated rings. The van der Waals surface area contributed by atoms with Crippen molar-refractivity contribution < 1.29 is 0 Å². The zero-order chi connectivity index (χ0) is 15.9. The van der Waals surface area contributed by atoms with E-state index in [9.17, 15) is 0 Å². The lowest BCUT2D eigenvalue weighted by atomic mass is 9.82. The zero-order valence-electron chi connectivity index (χ0n) is 13.4. The van der Waals surface area contributed by atoms with Gasteiger partial charge in [0, 0.05) is 9.37 Å². The number of hydrogen-bond acceptors (Lipinski definition) is 1. The number of aryl methyl sites for hydroxylation is 1. The Morgan fingerprint density at radius 1 is 1.00 bits per heavy atom. The average Bonchev–Trinajstić information content (AvgIpc) is 2.61. The molecule has 0 saturated heterocycles. The molecule has 1 atom stereocenters. The first-order valence-corrected chi connectivity index (χ1v) is 10.1. The van der Waals surface area contributed by atoms with Crippen LogP contribution in [0.3, 0.4) is 0 Å². The van der Waals surface area contributed by atoms with Gasteiger partial charge >= 0.3 is 0 Å². The Kier molecular flexibility index (Phi) is 6.41. The first-order valence-electron chi connectivity index (χ1n) is 8.47. The van der Waals surface area contributed by atoms with Crippen LogP contribution in [0, 0.1) is 5.92 Å². The molecule has 1 aliphatic carbocycles. The standard InChI is InChI=1S/C21H23BrS/c22-21-13-7-6-9-18(21)15-14-17-8-4-5-10-19(17)16-23-20-11-2-1-3-12-20/h1-3,6-7,9,11-13,16-17H,4-5,8,10,14-15H2/b19-16+. The third-order valence-electron chi connectivity index (χ3n) is 4.60. The Morgan fingerprint density at radius 3 is 2.61 bits per heavy atom. The third-order valence-corrected chi connectivity index (χ3v) is 6.34. The SMILES string of the molecule is Brc1ccccc1CCC1CCCC/C1=C\Sc1ccccc1. The van der Waals surface area contributed by atoms with Gasteiger partial charge in [-0.25, -0.2) is 0 Å². The normalized spacial score (nSPS) is 19.9. The maximum atomic E-state index is 3.68. The van der Waals surface area contributed by atoms with Crippen LogP contribution in [0.15, 0.2) is 74.9 Å². The monoisotopic (exact) mass is 386 g/mol. The minimum absolute atomic E-state index is 0.757. The van der Waals surface area contributed by atoms with Crippen molar-refractivity contribution in [2.45, 2.75) is 43.4 Å². The summed E-state index contributed by atoms with van der Waals surface area (Å²) in [7, 11) is 0. The maximum Gasteiger partial charge on any atom is 0.0207 e. The summed E-state index contributed by atoms with van der Waals surface area (Å²) in [6, 6.07) is 19.3. The molecule has 0 N–H and O–H groups in total. The van der Waals surface area contributed by atoms with Crippen LogP contribution in [0.25, 0.3) is 0 Å². The van der Waals surface area contributed by atoms with Gasteiger partial charge in [-0.1, -0.05) is 76.1 Å². The Hall–Kier alpha value is -0.990. The molecule has 1 saturated carbocycles. The number of allylic oxidation sites excluding steroid dienone is 1. The van der Waals surface area contributed by atoms with Crippen LogP contribution in [0.4, 0.5) is 0 Å². The molecular weight excluding hydrogens is 364 g/mol. The highest BCUT2D eigenvalue weighted by atomic mass is 79.9. The first-order chi connectivity index (χ1) is 11.3. The van der Waals surface area contributed by atoms with Crippen LogP contribution in [-0.2, 0) is 6.42 Å². The van der Waals surface area contributed by atoms with E-state index in [4.69, 9.17) is 0 Å². The number of thioether (sulfide) groups is 1. The van der Waals surface area contributed by atoms with E-state index in [0.29, 0.717) is 0 Å². The average molecular weight is 387 g/mol. The predicted molar refractivity (Wildman–Crippen MR) is 105 cm³/mol. The van der Waals surface area contributed by atoms with Gasteiger partial charge in [-0.15, -0.1) is 0 Å². The Morgan fingerprint density at radius 2 is 1.78 bits per heavy atom. The van der Waals surface area contributed by atoms with E-state index in [2.05, 4.69) is 75.9 Å². The molecule has 120 valence electrons. The molecule has 0 amide bonds. The number of rotatable bonds is 5. The van der Waals surface area contributed by atoms with Crippen LogP contribution >= 0.6 is 27.7 Å². The number of hydrogen-bond donors (Lipinski definition) is 0. The van der Waals surface area contributed by atoms with Crippen molar-refractivity contribution in [3.63, 3.8) is 0 Å². The fourth-order valence-electron chi connectivity index (χ4n) is 3.27. The van der Waals surface area contributed by atoms with Crippen molar-refractivity contribution in [3.8, 4) is 0 Å². The van der Waals surface area contributed by atoms with E-state index in [1.54, 1.807) is 5.57 Å². The van der Waals surface area contributed by atoms with Crippen LogP contribution < -0.4 is 0 Å². The molecule has 0 spiro atoms. The highest BCUT2D eigenvalue weighted by Gasteiger charge is 2.19. The van der Waals surface area contributed by atoms with Gasteiger partial charge in [0.25, 0.3) is 0 Å². The van der Waals surface area contributed by atoms with Gasteiger partial charge in [0.15, 0.2) is 0 Å². The largest absolute Gasteiger partial charge is 0.0981 e. The van der Waals surface area contributed by atoms with E-state index in [0.717, 1.165) is 5.92 Å². The Labute approximate surface area is 152 Å². The molecule has 0 nitrogen and oxygen atoms in total. The van der Waals surface area contributed by atoms with E-state index >= 15 is 0 Å². The van der Waals surface area contributed by atoms with Crippen molar-refractivity contribution >= 4 is 27.7 Å². The van der Waals surface area contributed by atoms with Crippen molar-refractivity contribution in [1.29, 1.82) is 0 Å². The summed E-state index contributed by atoms with van der Waals surface area (Å²) in [5, 5.41) is 2.43. The second-order valence-electron chi connectivity index (χ2n) is 6.20. The predicted octanol–water partition coefficient (Wildman–Crippen LogP) is 7.25. The van der Waals surface area contributed by atoms with Gasteiger partial charge in [-0.05, 0) is 67.2 Å². The minimum Gasteiger partial charge on any atom is -0.0981 e. The molecule has 0 heterocycles. The van der Waals surface area contributed by atoms with Gasteiger partial charge in [0.05, 0.1) is 0 Å². The van der Waals surface area contributed by atoms with Gasteiger partial charge in [-0.3, -0.25) is 0 Å². The Bertz CT molecular complexity index is 648. The molecule has 0 aliphatic heterocycles. The number of benzene rings is 2. The van der Waals surface area contributed by atoms with Crippen molar-refractivity contribution in [1.82, 2.24) is 0 Å². The van der Waals surface area contributed by atoms with E-state index in [-0.39, 0.29) is 0 Å². The van der Waals surface area contributed by atoms with Crippen LogP contribution in [0.5, 0.6) is 0 Å². The topological polar surface area (TPSA) is 0 Å². The van der Waals surface area contributed by atoms with Gasteiger partial charge < -0.3 is 0 Å².